The van der Waals surface area contributed by atoms with Gasteiger partial charge in [-0.25, -0.2) is 14.4 Å². The summed E-state index contributed by atoms with van der Waals surface area (Å²) in [5, 5.41) is 27.9. The third-order valence-corrected chi connectivity index (χ3v) is 3.77. The van der Waals surface area contributed by atoms with Crippen molar-refractivity contribution in [1.82, 2.24) is 0 Å². The largest absolute Gasteiger partial charge is 0.478 e. The van der Waals surface area contributed by atoms with Crippen molar-refractivity contribution in [2.45, 2.75) is 6.42 Å². The average molecular weight is 298 g/mol. The molecule has 1 aliphatic rings. The number of carboxylic acid groups (broad SMARTS) is 3. The van der Waals surface area contributed by atoms with E-state index in [0.717, 1.165) is 11.1 Å². The van der Waals surface area contributed by atoms with Crippen molar-refractivity contribution in [2.75, 3.05) is 0 Å². The average Bonchev–Trinajstić information content (AvgIpc) is 2.82. The zero-order valence-electron chi connectivity index (χ0n) is 11.2. The number of benzene rings is 2. The third kappa shape index (κ3) is 1.85. The summed E-state index contributed by atoms with van der Waals surface area (Å²) in [7, 11) is 0. The fourth-order valence-corrected chi connectivity index (χ4v) is 2.90. The Hall–Kier alpha value is -3.15. The Kier molecular flexibility index (Phi) is 2.95. The van der Waals surface area contributed by atoms with Gasteiger partial charge < -0.3 is 15.3 Å². The molecule has 0 bridgehead atoms. The summed E-state index contributed by atoms with van der Waals surface area (Å²) in [5.41, 5.74) is 0.760. The fourth-order valence-electron chi connectivity index (χ4n) is 2.90. The van der Waals surface area contributed by atoms with Gasteiger partial charge in [0.1, 0.15) is 0 Å². The van der Waals surface area contributed by atoms with Crippen molar-refractivity contribution in [3.8, 4) is 11.1 Å². The van der Waals surface area contributed by atoms with E-state index in [-0.39, 0.29) is 6.42 Å². The van der Waals surface area contributed by atoms with Crippen LogP contribution in [0, 0.1) is 0 Å². The first-order valence-corrected chi connectivity index (χ1v) is 6.40. The number of rotatable bonds is 3. The first-order chi connectivity index (χ1) is 10.4. The van der Waals surface area contributed by atoms with Crippen molar-refractivity contribution < 1.29 is 29.7 Å². The maximum absolute atomic E-state index is 11.6. The molecule has 0 heterocycles. The Bertz CT molecular complexity index is 850. The van der Waals surface area contributed by atoms with Crippen LogP contribution >= 0.6 is 0 Å². The van der Waals surface area contributed by atoms with Gasteiger partial charge in [0.25, 0.3) is 0 Å². The van der Waals surface area contributed by atoms with Gasteiger partial charge in [-0.3, -0.25) is 0 Å². The number of fused-ring (bicyclic) bond motifs is 3. The lowest BCUT2D eigenvalue weighted by Gasteiger charge is -2.12. The molecule has 2 aromatic carbocycles. The number of carbonyl (C=O) groups is 3. The highest BCUT2D eigenvalue weighted by molar-refractivity contribution is 6.12. The van der Waals surface area contributed by atoms with E-state index in [1.165, 1.54) is 6.07 Å². The summed E-state index contributed by atoms with van der Waals surface area (Å²) in [5.74, 6) is -4.47. The van der Waals surface area contributed by atoms with E-state index in [9.17, 15) is 29.7 Å². The molecule has 0 atom stereocenters. The van der Waals surface area contributed by atoms with E-state index in [1.807, 2.05) is 6.07 Å². The van der Waals surface area contributed by atoms with Gasteiger partial charge in [0.05, 0.1) is 16.7 Å². The summed E-state index contributed by atoms with van der Waals surface area (Å²) in [6.45, 7) is 0. The monoisotopic (exact) mass is 298 g/mol. The van der Waals surface area contributed by atoms with Crippen molar-refractivity contribution in [2.24, 2.45) is 0 Å². The highest BCUT2D eigenvalue weighted by Crippen LogP contribution is 2.40. The molecule has 3 rings (SSSR count). The van der Waals surface area contributed by atoms with Gasteiger partial charge in [-0.15, -0.1) is 0 Å². The van der Waals surface area contributed by atoms with Crippen molar-refractivity contribution in [3.63, 3.8) is 0 Å². The normalized spacial score (nSPS) is 11.6. The topological polar surface area (TPSA) is 112 Å². The minimum absolute atomic E-state index is 0.271. The van der Waals surface area contributed by atoms with Crippen LogP contribution in [0.4, 0.5) is 0 Å². The van der Waals surface area contributed by atoms with Gasteiger partial charge in [0, 0.05) is 0 Å². The van der Waals surface area contributed by atoms with E-state index in [4.69, 9.17) is 0 Å². The van der Waals surface area contributed by atoms with Gasteiger partial charge in [0.15, 0.2) is 0 Å². The molecule has 0 radical (unpaired) electrons. The number of aromatic carboxylic acids is 3. The second kappa shape index (κ2) is 4.70. The predicted octanol–water partition coefficient (Wildman–Crippen LogP) is 2.35. The van der Waals surface area contributed by atoms with E-state index < -0.39 is 34.6 Å². The van der Waals surface area contributed by atoms with E-state index in [0.29, 0.717) is 11.1 Å². The molecule has 0 fully saturated rings. The minimum atomic E-state index is -1.56. The van der Waals surface area contributed by atoms with Gasteiger partial charge in [-0.2, -0.15) is 0 Å². The van der Waals surface area contributed by atoms with Crippen LogP contribution in [-0.2, 0) is 6.42 Å². The summed E-state index contributed by atoms with van der Waals surface area (Å²) < 4.78 is 0. The van der Waals surface area contributed by atoms with E-state index in [2.05, 4.69) is 0 Å². The van der Waals surface area contributed by atoms with Gasteiger partial charge in [0.2, 0.25) is 0 Å². The van der Waals surface area contributed by atoms with Crippen molar-refractivity contribution in [1.29, 1.82) is 0 Å². The molecule has 3 N–H and O–H groups in total. The summed E-state index contributed by atoms with van der Waals surface area (Å²) in [6, 6.07) is 8.38. The molecular weight excluding hydrogens is 288 g/mol. The zero-order chi connectivity index (χ0) is 16.0. The van der Waals surface area contributed by atoms with Gasteiger partial charge >= 0.3 is 17.9 Å². The number of carboxylic acids is 3. The first-order valence-electron chi connectivity index (χ1n) is 6.40. The molecule has 0 aliphatic heterocycles. The molecule has 110 valence electrons. The SMILES string of the molecule is O=C(O)c1cc2c(c(C(=O)O)c1C(=O)O)Cc1ccccc1-2. The lowest BCUT2D eigenvalue weighted by molar-refractivity contribution is 0.0632. The lowest BCUT2D eigenvalue weighted by atomic mass is 9.91. The van der Waals surface area contributed by atoms with Crippen LogP contribution in [0.3, 0.4) is 0 Å². The molecule has 6 nitrogen and oxygen atoms in total. The second-order valence-electron chi connectivity index (χ2n) is 4.95. The van der Waals surface area contributed by atoms with Crippen molar-refractivity contribution >= 4 is 17.9 Å². The Morgan fingerprint density at radius 1 is 0.818 bits per heavy atom. The summed E-state index contributed by atoms with van der Waals surface area (Å²) >= 11 is 0. The smallest absolute Gasteiger partial charge is 0.337 e. The molecule has 1 aliphatic carbocycles. The Morgan fingerprint density at radius 2 is 1.45 bits per heavy atom. The molecule has 0 spiro atoms. The molecule has 0 saturated heterocycles. The highest BCUT2D eigenvalue weighted by Gasteiger charge is 2.32. The quantitative estimate of drug-likeness (QED) is 0.684. The fraction of sp³-hybridized carbons (Fsp3) is 0.0625. The minimum Gasteiger partial charge on any atom is -0.478 e. The molecule has 0 unspecified atom stereocenters. The molecule has 6 heteroatoms. The van der Waals surface area contributed by atoms with Crippen LogP contribution in [-0.4, -0.2) is 33.2 Å². The maximum Gasteiger partial charge on any atom is 0.337 e. The maximum atomic E-state index is 11.6. The van der Waals surface area contributed by atoms with Crippen LogP contribution < -0.4 is 0 Å². The van der Waals surface area contributed by atoms with E-state index >= 15 is 0 Å². The summed E-state index contributed by atoms with van der Waals surface area (Å²) in [6.07, 6.45) is 0.271. The van der Waals surface area contributed by atoms with Gasteiger partial charge in [-0.05, 0) is 34.7 Å². The van der Waals surface area contributed by atoms with Gasteiger partial charge in [-0.1, -0.05) is 24.3 Å². The lowest BCUT2D eigenvalue weighted by Crippen LogP contribution is -2.17. The van der Waals surface area contributed by atoms with Crippen LogP contribution in [0.15, 0.2) is 30.3 Å². The first kappa shape index (κ1) is 13.8. The predicted molar refractivity (Wildman–Crippen MR) is 75.6 cm³/mol. The zero-order valence-corrected chi connectivity index (χ0v) is 11.2. The van der Waals surface area contributed by atoms with Crippen LogP contribution in [0.1, 0.15) is 42.2 Å². The third-order valence-electron chi connectivity index (χ3n) is 3.77. The molecule has 0 aromatic heterocycles. The Morgan fingerprint density at radius 3 is 2.05 bits per heavy atom. The van der Waals surface area contributed by atoms with Crippen LogP contribution in [0.5, 0.6) is 0 Å². The standard InChI is InChI=1S/C16H10O6/c17-14(18)11-6-9-8-4-2-1-3-7(8)5-10(9)12(15(19)20)13(11)16(21)22/h1-4,6H,5H2,(H,17,18)(H,19,20)(H,21,22). The molecule has 2 aromatic rings. The number of hydrogen-bond acceptors (Lipinski definition) is 3. The second-order valence-corrected chi connectivity index (χ2v) is 4.95. The summed E-state index contributed by atoms with van der Waals surface area (Å²) in [4.78, 5) is 34.3. The molecule has 0 saturated carbocycles. The molecule has 22 heavy (non-hydrogen) atoms. The van der Waals surface area contributed by atoms with Crippen LogP contribution in [0.2, 0.25) is 0 Å². The van der Waals surface area contributed by atoms with Crippen LogP contribution in [0.25, 0.3) is 11.1 Å². The number of hydrogen-bond donors (Lipinski definition) is 3. The van der Waals surface area contributed by atoms with Crippen molar-refractivity contribution in [3.05, 3.63) is 58.1 Å². The van der Waals surface area contributed by atoms with E-state index in [1.54, 1.807) is 18.2 Å². The Balaban J connectivity index is 2.44. The molecular formula is C16H10O6. The highest BCUT2D eigenvalue weighted by atomic mass is 16.4. The Labute approximate surface area is 124 Å². The molecule has 0 amide bonds.